The van der Waals surface area contributed by atoms with Gasteiger partial charge in [-0.25, -0.2) is 0 Å². The molecule has 0 saturated carbocycles. The van der Waals surface area contributed by atoms with Crippen molar-refractivity contribution in [1.29, 1.82) is 0 Å². The lowest BCUT2D eigenvalue weighted by Gasteiger charge is -2.10. The van der Waals surface area contributed by atoms with Crippen molar-refractivity contribution in [2.45, 2.75) is 13.2 Å². The van der Waals surface area contributed by atoms with Gasteiger partial charge in [0.25, 0.3) is 0 Å². The zero-order valence-corrected chi connectivity index (χ0v) is 11.8. The molecule has 110 valence electrons. The number of amidine groups is 1. The Morgan fingerprint density at radius 2 is 1.81 bits per heavy atom. The van der Waals surface area contributed by atoms with Crippen LogP contribution in [0.2, 0.25) is 0 Å². The first-order valence-electron chi connectivity index (χ1n) is 6.51. The SMILES string of the molecule is COc1ccc(COCc2ccccc2)cc1C(N)=NO. The van der Waals surface area contributed by atoms with Gasteiger partial charge in [-0.2, -0.15) is 0 Å². The largest absolute Gasteiger partial charge is 0.496 e. The molecule has 3 N–H and O–H groups in total. The fourth-order valence-electron chi connectivity index (χ4n) is 1.96. The van der Waals surface area contributed by atoms with E-state index in [1.165, 1.54) is 7.11 Å². The third-order valence-corrected chi connectivity index (χ3v) is 3.03. The molecule has 0 spiro atoms. The molecule has 0 saturated heterocycles. The zero-order valence-electron chi connectivity index (χ0n) is 11.8. The van der Waals surface area contributed by atoms with Gasteiger partial charge in [0.15, 0.2) is 5.84 Å². The second-order valence-electron chi connectivity index (χ2n) is 4.50. The second kappa shape index (κ2) is 7.31. The molecule has 0 amide bonds. The Morgan fingerprint density at radius 1 is 1.10 bits per heavy atom. The summed E-state index contributed by atoms with van der Waals surface area (Å²) in [6, 6.07) is 15.4. The molecule has 0 atom stereocenters. The highest BCUT2D eigenvalue weighted by Crippen LogP contribution is 2.20. The van der Waals surface area contributed by atoms with Crippen LogP contribution < -0.4 is 10.5 Å². The van der Waals surface area contributed by atoms with Gasteiger partial charge in [-0.3, -0.25) is 0 Å². The molecule has 0 bridgehead atoms. The van der Waals surface area contributed by atoms with Gasteiger partial charge in [0, 0.05) is 0 Å². The quantitative estimate of drug-likeness (QED) is 0.370. The standard InChI is InChI=1S/C16H18N2O3/c1-20-15-8-7-13(9-14(15)16(17)18-19)11-21-10-12-5-3-2-4-6-12/h2-9,19H,10-11H2,1H3,(H2,17,18). The fourth-order valence-corrected chi connectivity index (χ4v) is 1.96. The normalized spacial score (nSPS) is 11.4. The van der Waals surface area contributed by atoms with Gasteiger partial charge in [-0.15, -0.1) is 0 Å². The third kappa shape index (κ3) is 3.97. The Bertz CT molecular complexity index is 612. The van der Waals surface area contributed by atoms with Crippen molar-refractivity contribution < 1.29 is 14.7 Å². The molecule has 0 heterocycles. The maximum Gasteiger partial charge on any atom is 0.173 e. The third-order valence-electron chi connectivity index (χ3n) is 3.03. The predicted molar refractivity (Wildman–Crippen MR) is 80.4 cm³/mol. The molecule has 0 aromatic heterocycles. The number of benzene rings is 2. The van der Waals surface area contributed by atoms with Crippen LogP contribution in [0.4, 0.5) is 0 Å². The van der Waals surface area contributed by atoms with E-state index in [0.29, 0.717) is 24.5 Å². The van der Waals surface area contributed by atoms with Crippen LogP contribution >= 0.6 is 0 Å². The highest BCUT2D eigenvalue weighted by Gasteiger charge is 2.09. The Balaban J connectivity index is 2.04. The highest BCUT2D eigenvalue weighted by molar-refractivity contribution is 5.99. The molecule has 21 heavy (non-hydrogen) atoms. The summed E-state index contributed by atoms with van der Waals surface area (Å²) >= 11 is 0. The first kappa shape index (κ1) is 14.9. The number of hydrogen-bond acceptors (Lipinski definition) is 4. The van der Waals surface area contributed by atoms with Gasteiger partial charge >= 0.3 is 0 Å². The minimum atomic E-state index is 0.0109. The average molecular weight is 286 g/mol. The molecule has 0 aliphatic heterocycles. The van der Waals surface area contributed by atoms with Crippen LogP contribution in [0.1, 0.15) is 16.7 Å². The summed E-state index contributed by atoms with van der Waals surface area (Å²) in [6.07, 6.45) is 0. The van der Waals surface area contributed by atoms with Crippen LogP contribution in [0, 0.1) is 0 Å². The van der Waals surface area contributed by atoms with Crippen molar-refractivity contribution in [3.05, 3.63) is 65.2 Å². The van der Waals surface area contributed by atoms with E-state index in [1.54, 1.807) is 12.1 Å². The monoisotopic (exact) mass is 286 g/mol. The molecule has 2 aromatic rings. The summed E-state index contributed by atoms with van der Waals surface area (Å²) in [5.74, 6) is 0.564. The molecule has 0 radical (unpaired) electrons. The van der Waals surface area contributed by atoms with E-state index in [4.69, 9.17) is 20.4 Å². The molecule has 0 unspecified atom stereocenters. The van der Waals surface area contributed by atoms with Crippen molar-refractivity contribution in [2.75, 3.05) is 7.11 Å². The summed E-state index contributed by atoms with van der Waals surface area (Å²) in [5, 5.41) is 11.8. The minimum Gasteiger partial charge on any atom is -0.496 e. The number of rotatable bonds is 6. The van der Waals surface area contributed by atoms with Crippen molar-refractivity contribution in [2.24, 2.45) is 10.9 Å². The highest BCUT2D eigenvalue weighted by atomic mass is 16.5. The molecule has 0 aliphatic carbocycles. The number of ether oxygens (including phenoxy) is 2. The number of oxime groups is 1. The van der Waals surface area contributed by atoms with E-state index in [9.17, 15) is 0 Å². The van der Waals surface area contributed by atoms with Crippen LogP contribution in [0.3, 0.4) is 0 Å². The molecular formula is C16H18N2O3. The van der Waals surface area contributed by atoms with E-state index in [-0.39, 0.29) is 5.84 Å². The second-order valence-corrected chi connectivity index (χ2v) is 4.50. The number of nitrogens with two attached hydrogens (primary N) is 1. The minimum absolute atomic E-state index is 0.0109. The van der Waals surface area contributed by atoms with Crippen molar-refractivity contribution in [3.8, 4) is 5.75 Å². The maximum absolute atomic E-state index is 8.80. The van der Waals surface area contributed by atoms with E-state index >= 15 is 0 Å². The Morgan fingerprint density at radius 3 is 2.48 bits per heavy atom. The molecule has 2 aromatic carbocycles. The Labute approximate surface area is 123 Å². The summed E-state index contributed by atoms with van der Waals surface area (Å²) in [6.45, 7) is 0.969. The van der Waals surface area contributed by atoms with Gasteiger partial charge < -0.3 is 20.4 Å². The van der Waals surface area contributed by atoms with E-state index in [1.807, 2.05) is 36.4 Å². The van der Waals surface area contributed by atoms with E-state index in [0.717, 1.165) is 11.1 Å². The van der Waals surface area contributed by atoms with E-state index in [2.05, 4.69) is 5.16 Å². The predicted octanol–water partition coefficient (Wildman–Crippen LogP) is 2.51. The Kier molecular flexibility index (Phi) is 5.17. The average Bonchev–Trinajstić information content (AvgIpc) is 2.55. The maximum atomic E-state index is 8.80. The smallest absolute Gasteiger partial charge is 0.173 e. The van der Waals surface area contributed by atoms with Crippen LogP contribution in [0.25, 0.3) is 0 Å². The van der Waals surface area contributed by atoms with Crippen LogP contribution in [0.5, 0.6) is 5.75 Å². The summed E-state index contributed by atoms with van der Waals surface area (Å²) in [5.41, 5.74) is 8.22. The molecule has 5 heteroatoms. The lowest BCUT2D eigenvalue weighted by molar-refractivity contribution is 0.107. The zero-order chi connectivity index (χ0) is 15.1. The van der Waals surface area contributed by atoms with Gasteiger partial charge in [0.1, 0.15) is 5.75 Å². The lowest BCUT2D eigenvalue weighted by atomic mass is 10.1. The van der Waals surface area contributed by atoms with Gasteiger partial charge in [0.2, 0.25) is 0 Å². The molecule has 0 aliphatic rings. The van der Waals surface area contributed by atoms with Crippen LogP contribution in [-0.4, -0.2) is 18.2 Å². The summed E-state index contributed by atoms with van der Waals surface area (Å²) in [4.78, 5) is 0. The molecule has 5 nitrogen and oxygen atoms in total. The topological polar surface area (TPSA) is 77.1 Å². The van der Waals surface area contributed by atoms with E-state index < -0.39 is 0 Å². The van der Waals surface area contributed by atoms with Crippen molar-refractivity contribution in [3.63, 3.8) is 0 Å². The first-order valence-corrected chi connectivity index (χ1v) is 6.51. The van der Waals surface area contributed by atoms with Gasteiger partial charge in [-0.05, 0) is 23.3 Å². The van der Waals surface area contributed by atoms with Crippen molar-refractivity contribution >= 4 is 5.84 Å². The summed E-state index contributed by atoms with van der Waals surface area (Å²) in [7, 11) is 1.54. The molecule has 2 rings (SSSR count). The number of methoxy groups -OCH3 is 1. The van der Waals surface area contributed by atoms with Crippen LogP contribution in [0.15, 0.2) is 53.7 Å². The molecular weight excluding hydrogens is 268 g/mol. The number of hydrogen-bond donors (Lipinski definition) is 2. The lowest BCUT2D eigenvalue weighted by Crippen LogP contribution is -2.15. The fraction of sp³-hybridized carbons (Fsp3) is 0.188. The summed E-state index contributed by atoms with van der Waals surface area (Å²) < 4.78 is 10.8. The number of nitrogens with zero attached hydrogens (tertiary/aromatic N) is 1. The van der Waals surface area contributed by atoms with Crippen molar-refractivity contribution in [1.82, 2.24) is 0 Å². The molecule has 0 fully saturated rings. The Hall–Kier alpha value is -2.53. The van der Waals surface area contributed by atoms with Crippen LogP contribution in [-0.2, 0) is 18.0 Å². The van der Waals surface area contributed by atoms with Gasteiger partial charge in [0.05, 0.1) is 25.9 Å². The van der Waals surface area contributed by atoms with Gasteiger partial charge in [-0.1, -0.05) is 41.6 Å². The first-order chi connectivity index (χ1) is 10.2.